The van der Waals surface area contributed by atoms with E-state index in [2.05, 4.69) is 5.32 Å². The number of hydrogen-bond donors (Lipinski definition) is 1. The molecule has 2 aromatic rings. The third kappa shape index (κ3) is 4.29. The lowest BCUT2D eigenvalue weighted by atomic mass is 10.1. The summed E-state index contributed by atoms with van der Waals surface area (Å²) in [4.78, 5) is 12.4. The zero-order valence-corrected chi connectivity index (χ0v) is 15.2. The van der Waals surface area contributed by atoms with Gasteiger partial charge in [-0.25, -0.2) is 17.2 Å². The maximum absolute atomic E-state index is 13.6. The number of benzene rings is 2. The number of hydrogen-bond acceptors (Lipinski definition) is 4. The van der Waals surface area contributed by atoms with Crippen molar-refractivity contribution in [2.24, 2.45) is 0 Å². The van der Waals surface area contributed by atoms with Crippen LogP contribution in [-0.4, -0.2) is 44.7 Å². The predicted molar refractivity (Wildman–Crippen MR) is 97.8 cm³/mol. The molecule has 0 saturated carbocycles. The first-order chi connectivity index (χ1) is 12.9. The number of rotatable bonds is 5. The molecule has 0 amide bonds. The van der Waals surface area contributed by atoms with E-state index in [9.17, 15) is 22.0 Å². The SMILES string of the molecule is O=C(/C=C/c1c(F)cccc1F)c1cccc(S(=O)(=O)N2CCNCC2)c1. The topological polar surface area (TPSA) is 66.5 Å². The Hall–Kier alpha value is -2.42. The van der Waals surface area contributed by atoms with E-state index in [1.807, 2.05) is 0 Å². The maximum Gasteiger partial charge on any atom is 0.243 e. The fraction of sp³-hybridized carbons (Fsp3) is 0.211. The maximum atomic E-state index is 13.6. The smallest absolute Gasteiger partial charge is 0.243 e. The zero-order chi connectivity index (χ0) is 19.4. The Labute approximate surface area is 156 Å². The third-order valence-corrected chi connectivity index (χ3v) is 6.13. The average molecular weight is 392 g/mol. The van der Waals surface area contributed by atoms with E-state index in [4.69, 9.17) is 0 Å². The molecule has 27 heavy (non-hydrogen) atoms. The van der Waals surface area contributed by atoms with Crippen LogP contribution in [0.15, 0.2) is 53.4 Å². The van der Waals surface area contributed by atoms with E-state index in [0.29, 0.717) is 26.2 Å². The molecule has 3 rings (SSSR count). The second-order valence-corrected chi connectivity index (χ2v) is 7.95. The van der Waals surface area contributed by atoms with E-state index in [1.54, 1.807) is 0 Å². The molecule has 8 heteroatoms. The minimum Gasteiger partial charge on any atom is -0.314 e. The standard InChI is InChI=1S/C19H18F2N2O3S/c20-17-5-2-6-18(21)16(17)7-8-19(24)14-3-1-4-15(13-14)27(25,26)23-11-9-22-10-12-23/h1-8,13,22H,9-12H2/b8-7+. The molecule has 0 spiro atoms. The van der Waals surface area contributed by atoms with Crippen molar-refractivity contribution in [3.8, 4) is 0 Å². The number of nitrogens with one attached hydrogen (secondary N) is 1. The summed E-state index contributed by atoms with van der Waals surface area (Å²) in [6.07, 6.45) is 2.07. The third-order valence-electron chi connectivity index (χ3n) is 4.23. The van der Waals surface area contributed by atoms with Gasteiger partial charge in [0.2, 0.25) is 10.0 Å². The van der Waals surface area contributed by atoms with Crippen LogP contribution in [0.3, 0.4) is 0 Å². The molecular formula is C19H18F2N2O3S. The van der Waals surface area contributed by atoms with Crippen molar-refractivity contribution in [1.82, 2.24) is 9.62 Å². The molecule has 1 aliphatic heterocycles. The van der Waals surface area contributed by atoms with Crippen molar-refractivity contribution >= 4 is 21.9 Å². The molecule has 0 aromatic heterocycles. The number of halogens is 2. The first-order valence-electron chi connectivity index (χ1n) is 8.37. The van der Waals surface area contributed by atoms with Crippen molar-refractivity contribution in [3.63, 3.8) is 0 Å². The van der Waals surface area contributed by atoms with Gasteiger partial charge in [0.25, 0.3) is 0 Å². The summed E-state index contributed by atoms with van der Waals surface area (Å²) < 4.78 is 54.0. The van der Waals surface area contributed by atoms with Gasteiger partial charge in [-0.1, -0.05) is 18.2 Å². The van der Waals surface area contributed by atoms with Crippen LogP contribution in [-0.2, 0) is 10.0 Å². The molecule has 2 aromatic carbocycles. The molecule has 5 nitrogen and oxygen atoms in total. The molecule has 0 unspecified atom stereocenters. The summed E-state index contributed by atoms with van der Waals surface area (Å²) in [5, 5.41) is 3.08. The fourth-order valence-corrected chi connectivity index (χ4v) is 4.26. The zero-order valence-electron chi connectivity index (χ0n) is 14.4. The Balaban J connectivity index is 1.85. The average Bonchev–Trinajstić information content (AvgIpc) is 2.68. The molecular weight excluding hydrogens is 374 g/mol. The van der Waals surface area contributed by atoms with Gasteiger partial charge in [0, 0.05) is 37.3 Å². The van der Waals surface area contributed by atoms with Gasteiger partial charge in [0.15, 0.2) is 5.78 Å². The minimum atomic E-state index is -3.70. The van der Waals surface area contributed by atoms with E-state index in [1.165, 1.54) is 34.6 Å². The van der Waals surface area contributed by atoms with Gasteiger partial charge in [-0.15, -0.1) is 0 Å². The highest BCUT2D eigenvalue weighted by Crippen LogP contribution is 2.19. The highest BCUT2D eigenvalue weighted by molar-refractivity contribution is 7.89. The summed E-state index contributed by atoms with van der Waals surface area (Å²) in [5.41, 5.74) is -0.199. The Morgan fingerprint density at radius 1 is 1.04 bits per heavy atom. The van der Waals surface area contributed by atoms with Crippen LogP contribution in [0.4, 0.5) is 8.78 Å². The summed E-state index contributed by atoms with van der Waals surface area (Å²) in [6, 6.07) is 9.05. The van der Waals surface area contributed by atoms with Gasteiger partial charge in [-0.2, -0.15) is 4.31 Å². The molecule has 142 valence electrons. The van der Waals surface area contributed by atoms with Gasteiger partial charge >= 0.3 is 0 Å². The molecule has 0 radical (unpaired) electrons. The Morgan fingerprint density at radius 2 is 1.67 bits per heavy atom. The predicted octanol–water partition coefficient (Wildman–Crippen LogP) is 2.45. The second kappa shape index (κ2) is 8.08. The van der Waals surface area contributed by atoms with Gasteiger partial charge in [0.05, 0.1) is 4.90 Å². The van der Waals surface area contributed by atoms with Crippen molar-refractivity contribution in [2.75, 3.05) is 26.2 Å². The van der Waals surface area contributed by atoms with Gasteiger partial charge < -0.3 is 5.32 Å². The van der Waals surface area contributed by atoms with E-state index >= 15 is 0 Å². The van der Waals surface area contributed by atoms with Crippen molar-refractivity contribution in [1.29, 1.82) is 0 Å². The Bertz CT molecular complexity index is 964. The fourth-order valence-electron chi connectivity index (χ4n) is 2.77. The number of nitrogens with zero attached hydrogens (tertiary/aromatic N) is 1. The largest absolute Gasteiger partial charge is 0.314 e. The van der Waals surface area contributed by atoms with Gasteiger partial charge in [0.1, 0.15) is 11.6 Å². The number of sulfonamides is 1. The van der Waals surface area contributed by atoms with Crippen LogP contribution in [0.5, 0.6) is 0 Å². The molecule has 0 bridgehead atoms. The minimum absolute atomic E-state index is 0.0146. The first kappa shape index (κ1) is 19.3. The second-order valence-electron chi connectivity index (χ2n) is 6.01. The van der Waals surface area contributed by atoms with Gasteiger partial charge in [-0.3, -0.25) is 4.79 Å². The van der Waals surface area contributed by atoms with Crippen LogP contribution in [0.1, 0.15) is 15.9 Å². The monoisotopic (exact) mass is 392 g/mol. The Kier molecular flexibility index (Phi) is 5.79. The summed E-state index contributed by atoms with van der Waals surface area (Å²) in [6.45, 7) is 1.84. The van der Waals surface area contributed by atoms with E-state index < -0.39 is 27.4 Å². The number of carbonyl (C=O) groups excluding carboxylic acids is 1. The summed E-state index contributed by atoms with van der Waals surface area (Å²) >= 11 is 0. The van der Waals surface area contributed by atoms with E-state index in [-0.39, 0.29) is 16.0 Å². The van der Waals surface area contributed by atoms with Crippen molar-refractivity contribution in [3.05, 3.63) is 71.3 Å². The lowest BCUT2D eigenvalue weighted by Gasteiger charge is -2.26. The summed E-state index contributed by atoms with van der Waals surface area (Å²) in [7, 11) is -3.70. The van der Waals surface area contributed by atoms with Crippen molar-refractivity contribution in [2.45, 2.75) is 4.90 Å². The number of allylic oxidation sites excluding steroid dienone is 1. The first-order valence-corrected chi connectivity index (χ1v) is 9.81. The van der Waals surface area contributed by atoms with E-state index in [0.717, 1.165) is 24.3 Å². The molecule has 0 aliphatic carbocycles. The lowest BCUT2D eigenvalue weighted by Crippen LogP contribution is -2.46. The summed E-state index contributed by atoms with van der Waals surface area (Å²) in [5.74, 6) is -2.11. The van der Waals surface area contributed by atoms with Crippen LogP contribution < -0.4 is 5.32 Å². The molecule has 1 N–H and O–H groups in total. The quantitative estimate of drug-likeness (QED) is 0.627. The normalized spacial score (nSPS) is 15.9. The molecule has 1 heterocycles. The molecule has 1 aliphatic rings. The highest BCUT2D eigenvalue weighted by atomic mass is 32.2. The molecule has 0 atom stereocenters. The van der Waals surface area contributed by atoms with Crippen LogP contribution >= 0.6 is 0 Å². The number of ketones is 1. The van der Waals surface area contributed by atoms with Gasteiger partial charge in [-0.05, 0) is 36.4 Å². The Morgan fingerprint density at radius 3 is 2.33 bits per heavy atom. The van der Waals surface area contributed by atoms with Crippen LogP contribution in [0.25, 0.3) is 6.08 Å². The van der Waals surface area contributed by atoms with Crippen LogP contribution in [0.2, 0.25) is 0 Å². The molecule has 1 fully saturated rings. The van der Waals surface area contributed by atoms with Crippen LogP contribution in [0, 0.1) is 11.6 Å². The molecule has 1 saturated heterocycles. The number of piperazine rings is 1. The number of carbonyl (C=O) groups is 1. The van der Waals surface area contributed by atoms with Crippen molar-refractivity contribution < 1.29 is 22.0 Å². The highest BCUT2D eigenvalue weighted by Gasteiger charge is 2.26. The lowest BCUT2D eigenvalue weighted by molar-refractivity contribution is 0.104.